The Kier molecular flexibility index (Phi) is 20.6. The predicted octanol–water partition coefficient (Wildman–Crippen LogP) is 10.3. The molecule has 1 aromatic rings. The van der Waals surface area contributed by atoms with Crippen molar-refractivity contribution < 1.29 is 9.47 Å². The van der Waals surface area contributed by atoms with Gasteiger partial charge in [-0.3, -0.25) is 0 Å². The van der Waals surface area contributed by atoms with E-state index in [1.807, 2.05) is 0 Å². The quantitative estimate of drug-likeness (QED) is 0.145. The van der Waals surface area contributed by atoms with Gasteiger partial charge in [0, 0.05) is 10.8 Å². The molecule has 31 heavy (non-hydrogen) atoms. The Hall–Kier alpha value is -0.700. The summed E-state index contributed by atoms with van der Waals surface area (Å²) in [5.74, 6) is 1.90. The lowest BCUT2D eigenvalue weighted by atomic mass is 10.1. The van der Waals surface area contributed by atoms with Crippen molar-refractivity contribution in [2.24, 2.45) is 0 Å². The van der Waals surface area contributed by atoms with Crippen LogP contribution in [0.4, 0.5) is 0 Å². The van der Waals surface area contributed by atoms with E-state index in [9.17, 15) is 0 Å². The minimum absolute atomic E-state index is 0.821. The van der Waals surface area contributed by atoms with Gasteiger partial charge in [-0.2, -0.15) is 0 Å². The highest BCUT2D eigenvalue weighted by atomic mass is 32.1. The van der Waals surface area contributed by atoms with E-state index in [4.69, 9.17) is 9.47 Å². The normalized spacial score (nSPS) is 11.2. The molecule has 0 atom stereocenters. The number of thiophene rings is 1. The van der Waals surface area contributed by atoms with Crippen molar-refractivity contribution in [1.29, 1.82) is 0 Å². The topological polar surface area (TPSA) is 18.5 Å². The predicted molar refractivity (Wildman–Crippen MR) is 139 cm³/mol. The van der Waals surface area contributed by atoms with Crippen LogP contribution in [0, 0.1) is 0 Å². The Bertz CT molecular complexity index is 431. The van der Waals surface area contributed by atoms with E-state index in [1.54, 1.807) is 11.3 Å². The van der Waals surface area contributed by atoms with Crippen molar-refractivity contribution in [1.82, 2.24) is 0 Å². The molecule has 0 aliphatic carbocycles. The first-order valence-electron chi connectivity index (χ1n) is 13.7. The number of hydrogen-bond donors (Lipinski definition) is 0. The maximum Gasteiger partial charge on any atom is 0.171 e. The highest BCUT2D eigenvalue weighted by Crippen LogP contribution is 2.32. The highest BCUT2D eigenvalue weighted by molar-refractivity contribution is 7.08. The van der Waals surface area contributed by atoms with E-state index < -0.39 is 0 Å². The average molecular weight is 453 g/mol. The molecule has 0 amide bonds. The zero-order chi connectivity index (χ0) is 22.2. The van der Waals surface area contributed by atoms with E-state index in [1.165, 1.54) is 116 Å². The van der Waals surface area contributed by atoms with E-state index >= 15 is 0 Å². The van der Waals surface area contributed by atoms with Crippen LogP contribution in [0.5, 0.6) is 11.5 Å². The van der Waals surface area contributed by atoms with Gasteiger partial charge in [0.05, 0.1) is 13.2 Å². The molecule has 1 heterocycles. The average Bonchev–Trinajstić information content (AvgIpc) is 3.23. The van der Waals surface area contributed by atoms with Crippen molar-refractivity contribution in [3.05, 3.63) is 10.8 Å². The van der Waals surface area contributed by atoms with Crippen molar-refractivity contribution in [2.75, 3.05) is 13.2 Å². The third-order valence-corrected chi connectivity index (χ3v) is 6.80. The van der Waals surface area contributed by atoms with E-state index in [0.29, 0.717) is 0 Å². The fourth-order valence-corrected chi connectivity index (χ4v) is 4.71. The van der Waals surface area contributed by atoms with Crippen molar-refractivity contribution in [2.45, 2.75) is 142 Å². The van der Waals surface area contributed by atoms with Crippen LogP contribution in [0.2, 0.25) is 0 Å². The Balaban J connectivity index is 1.91. The second-order valence-corrected chi connectivity index (χ2v) is 9.90. The lowest BCUT2D eigenvalue weighted by molar-refractivity contribution is 0.260. The summed E-state index contributed by atoms with van der Waals surface area (Å²) in [5.41, 5.74) is 0. The monoisotopic (exact) mass is 452 g/mol. The molecular weight excluding hydrogens is 400 g/mol. The smallest absolute Gasteiger partial charge is 0.171 e. The summed E-state index contributed by atoms with van der Waals surface area (Å²) in [4.78, 5) is 0. The molecule has 0 unspecified atom stereocenters. The lowest BCUT2D eigenvalue weighted by Crippen LogP contribution is -2.01. The van der Waals surface area contributed by atoms with Crippen LogP contribution in [-0.4, -0.2) is 13.2 Å². The van der Waals surface area contributed by atoms with Gasteiger partial charge >= 0.3 is 0 Å². The number of unbranched alkanes of at least 4 members (excludes halogenated alkanes) is 18. The first kappa shape index (κ1) is 28.3. The first-order valence-corrected chi connectivity index (χ1v) is 14.6. The SMILES string of the molecule is CCCCCCCCCCCCOc1cscc1OCCCCCCCCCCCC. The summed E-state index contributed by atoms with van der Waals surface area (Å²) in [6.07, 6.45) is 27.2. The van der Waals surface area contributed by atoms with Gasteiger partial charge in [0.2, 0.25) is 0 Å². The highest BCUT2D eigenvalue weighted by Gasteiger charge is 2.06. The summed E-state index contributed by atoms with van der Waals surface area (Å²) in [6, 6.07) is 0. The van der Waals surface area contributed by atoms with E-state index in [-0.39, 0.29) is 0 Å². The molecule has 1 aromatic heterocycles. The molecule has 0 saturated carbocycles. The molecule has 0 aromatic carbocycles. The van der Waals surface area contributed by atoms with Gasteiger partial charge in [-0.05, 0) is 12.8 Å². The van der Waals surface area contributed by atoms with E-state index in [0.717, 1.165) is 37.6 Å². The third-order valence-electron chi connectivity index (χ3n) is 6.10. The summed E-state index contributed by atoms with van der Waals surface area (Å²) >= 11 is 1.68. The molecule has 0 radical (unpaired) electrons. The molecule has 0 saturated heterocycles. The van der Waals surface area contributed by atoms with Gasteiger partial charge in [0.1, 0.15) is 0 Å². The number of ether oxygens (including phenoxy) is 2. The molecule has 0 fully saturated rings. The molecule has 0 bridgehead atoms. The molecule has 3 heteroatoms. The van der Waals surface area contributed by atoms with Crippen LogP contribution < -0.4 is 9.47 Å². The van der Waals surface area contributed by atoms with Crippen molar-refractivity contribution >= 4 is 11.3 Å². The molecule has 0 aliphatic heterocycles. The van der Waals surface area contributed by atoms with Gasteiger partial charge in [0.25, 0.3) is 0 Å². The fraction of sp³-hybridized carbons (Fsp3) is 0.857. The number of hydrogen-bond acceptors (Lipinski definition) is 3. The van der Waals surface area contributed by atoms with Gasteiger partial charge in [-0.1, -0.05) is 129 Å². The van der Waals surface area contributed by atoms with Crippen molar-refractivity contribution in [3.8, 4) is 11.5 Å². The Morgan fingerprint density at radius 1 is 0.452 bits per heavy atom. The minimum Gasteiger partial charge on any atom is -0.489 e. The molecule has 2 nitrogen and oxygen atoms in total. The van der Waals surface area contributed by atoms with Gasteiger partial charge in [-0.15, -0.1) is 11.3 Å². The third kappa shape index (κ3) is 17.5. The summed E-state index contributed by atoms with van der Waals surface area (Å²) in [6.45, 7) is 6.21. The molecule has 182 valence electrons. The van der Waals surface area contributed by atoms with Gasteiger partial charge in [-0.25, -0.2) is 0 Å². The standard InChI is InChI=1S/C28H52O2S/c1-3-5-7-9-11-13-15-17-19-21-23-29-27-25-31-26-28(27)30-24-22-20-18-16-14-12-10-8-6-4-2/h25-26H,3-24H2,1-2H3. The Morgan fingerprint density at radius 2 is 0.742 bits per heavy atom. The van der Waals surface area contributed by atoms with Crippen molar-refractivity contribution in [3.63, 3.8) is 0 Å². The summed E-state index contributed by atoms with van der Waals surface area (Å²) in [5, 5.41) is 4.17. The van der Waals surface area contributed by atoms with Gasteiger partial charge < -0.3 is 9.47 Å². The molecule has 1 rings (SSSR count). The van der Waals surface area contributed by atoms with Gasteiger partial charge in [0.15, 0.2) is 11.5 Å². The van der Waals surface area contributed by atoms with Crippen LogP contribution in [0.1, 0.15) is 142 Å². The Morgan fingerprint density at radius 3 is 1.06 bits per heavy atom. The maximum absolute atomic E-state index is 5.98. The van der Waals surface area contributed by atoms with Crippen LogP contribution in [0.15, 0.2) is 10.8 Å². The maximum atomic E-state index is 5.98. The van der Waals surface area contributed by atoms with Crippen LogP contribution in [0.3, 0.4) is 0 Å². The molecular formula is C28H52O2S. The summed E-state index contributed by atoms with van der Waals surface area (Å²) < 4.78 is 12.0. The minimum atomic E-state index is 0.821. The Labute approximate surface area is 198 Å². The lowest BCUT2D eigenvalue weighted by Gasteiger charge is -2.09. The first-order chi connectivity index (χ1) is 15.4. The van der Waals surface area contributed by atoms with Crippen LogP contribution in [-0.2, 0) is 0 Å². The fourth-order valence-electron chi connectivity index (χ4n) is 4.03. The van der Waals surface area contributed by atoms with E-state index in [2.05, 4.69) is 24.6 Å². The second kappa shape index (κ2) is 22.5. The van der Waals surface area contributed by atoms with Crippen LogP contribution >= 0.6 is 11.3 Å². The molecule has 0 aliphatic rings. The summed E-state index contributed by atoms with van der Waals surface area (Å²) in [7, 11) is 0. The largest absolute Gasteiger partial charge is 0.489 e. The zero-order valence-corrected chi connectivity index (χ0v) is 21.8. The molecule has 0 N–H and O–H groups in total. The van der Waals surface area contributed by atoms with Crippen LogP contribution in [0.25, 0.3) is 0 Å². The second-order valence-electron chi connectivity index (χ2n) is 9.16. The number of rotatable bonds is 24. The molecule has 0 spiro atoms. The zero-order valence-electron chi connectivity index (χ0n) is 20.9.